The quantitative estimate of drug-likeness (QED) is 0.554. The van der Waals surface area contributed by atoms with Crippen LogP contribution in [0.1, 0.15) is 13.8 Å². The molecule has 10 heavy (non-hydrogen) atoms. The smallest absolute Gasteiger partial charge is 0.335 e. The van der Waals surface area contributed by atoms with Gasteiger partial charge >= 0.3 is 5.97 Å². The lowest BCUT2D eigenvalue weighted by atomic mass is 10.2. The molecule has 0 fully saturated rings. The molecule has 3 heteroatoms. The lowest BCUT2D eigenvalue weighted by molar-refractivity contribution is -0.132. The van der Waals surface area contributed by atoms with Gasteiger partial charge in [-0.05, 0) is 24.4 Å². The van der Waals surface area contributed by atoms with E-state index in [2.05, 4.69) is 15.9 Å². The number of carbonyl (C=O) groups is 1. The molecule has 0 aromatic carbocycles. The predicted octanol–water partition coefficient (Wildman–Crippen LogP) is 2.32. The number of carboxylic acid groups (broad SMARTS) is 1. The zero-order valence-electron chi connectivity index (χ0n) is 5.89. The van der Waals surface area contributed by atoms with Gasteiger partial charge in [0.15, 0.2) is 0 Å². The minimum absolute atomic E-state index is 0.300. The molecule has 0 amide bonds. The van der Waals surface area contributed by atoms with Crippen molar-refractivity contribution in [1.29, 1.82) is 0 Å². The van der Waals surface area contributed by atoms with Crippen LogP contribution < -0.4 is 0 Å². The fourth-order valence-corrected chi connectivity index (χ4v) is 0.729. The zero-order chi connectivity index (χ0) is 8.15. The summed E-state index contributed by atoms with van der Waals surface area (Å²) in [6.07, 6.45) is 3.11. The second-order valence-electron chi connectivity index (χ2n) is 1.78. The molecule has 0 saturated carbocycles. The third-order valence-corrected chi connectivity index (χ3v) is 1.14. The van der Waals surface area contributed by atoms with Crippen LogP contribution in [0.15, 0.2) is 22.2 Å². The largest absolute Gasteiger partial charge is 0.478 e. The van der Waals surface area contributed by atoms with Crippen molar-refractivity contribution in [2.45, 2.75) is 13.8 Å². The highest BCUT2D eigenvalue weighted by molar-refractivity contribution is 9.11. The molecule has 0 bridgehead atoms. The van der Waals surface area contributed by atoms with Crippen molar-refractivity contribution in [3.8, 4) is 0 Å². The van der Waals surface area contributed by atoms with Crippen molar-refractivity contribution < 1.29 is 9.90 Å². The van der Waals surface area contributed by atoms with E-state index in [4.69, 9.17) is 5.11 Å². The Bertz CT molecular complexity index is 188. The van der Waals surface area contributed by atoms with E-state index >= 15 is 0 Å². The molecule has 0 radical (unpaired) electrons. The van der Waals surface area contributed by atoms with Gasteiger partial charge in [-0.1, -0.05) is 22.0 Å². The van der Waals surface area contributed by atoms with Crippen molar-refractivity contribution in [3.63, 3.8) is 0 Å². The Balaban J connectivity index is 4.42. The number of hydrogen-bond acceptors (Lipinski definition) is 1. The lowest BCUT2D eigenvalue weighted by Gasteiger charge is -1.91. The molecule has 0 heterocycles. The van der Waals surface area contributed by atoms with Crippen LogP contribution in [0.5, 0.6) is 0 Å². The first-order valence-electron chi connectivity index (χ1n) is 2.81. The Kier molecular flexibility index (Phi) is 4.03. The van der Waals surface area contributed by atoms with Crippen LogP contribution in [0.3, 0.4) is 0 Å². The van der Waals surface area contributed by atoms with Gasteiger partial charge in [-0.15, -0.1) is 0 Å². The van der Waals surface area contributed by atoms with Gasteiger partial charge in [0.2, 0.25) is 0 Å². The second-order valence-corrected chi connectivity index (χ2v) is 3.03. The number of aliphatic carboxylic acids is 1. The van der Waals surface area contributed by atoms with Crippen molar-refractivity contribution in [3.05, 3.63) is 22.2 Å². The Morgan fingerprint density at radius 1 is 1.60 bits per heavy atom. The standard InChI is InChI=1S/C7H9BrO2/c1-3-6(7(9)10)4-5(2)8/h3-4H,1-2H3,(H,9,10)/b5-4+,6-3+. The van der Waals surface area contributed by atoms with Crippen LogP contribution in [-0.4, -0.2) is 11.1 Å². The van der Waals surface area contributed by atoms with Crippen molar-refractivity contribution >= 4 is 21.9 Å². The van der Waals surface area contributed by atoms with Crippen molar-refractivity contribution in [1.82, 2.24) is 0 Å². The maximum absolute atomic E-state index is 10.3. The summed E-state index contributed by atoms with van der Waals surface area (Å²) in [4.78, 5) is 10.3. The highest BCUT2D eigenvalue weighted by Crippen LogP contribution is 2.07. The average Bonchev–Trinajstić information content (AvgIpc) is 1.81. The third-order valence-electron chi connectivity index (χ3n) is 0.912. The molecular formula is C7H9BrO2. The van der Waals surface area contributed by atoms with E-state index in [-0.39, 0.29) is 0 Å². The Morgan fingerprint density at radius 3 is 2.20 bits per heavy atom. The van der Waals surface area contributed by atoms with E-state index in [1.807, 2.05) is 0 Å². The minimum atomic E-state index is -0.902. The van der Waals surface area contributed by atoms with E-state index < -0.39 is 5.97 Å². The molecule has 0 rings (SSSR count). The lowest BCUT2D eigenvalue weighted by Crippen LogP contribution is -1.96. The topological polar surface area (TPSA) is 37.3 Å². The van der Waals surface area contributed by atoms with Crippen LogP contribution in [0.2, 0.25) is 0 Å². The molecule has 0 aliphatic rings. The Labute approximate surface area is 68.4 Å². The van der Waals surface area contributed by atoms with Gasteiger partial charge in [-0.2, -0.15) is 0 Å². The molecule has 0 unspecified atom stereocenters. The Morgan fingerprint density at radius 2 is 2.10 bits per heavy atom. The van der Waals surface area contributed by atoms with Crippen LogP contribution in [-0.2, 0) is 4.79 Å². The summed E-state index contributed by atoms with van der Waals surface area (Å²) in [5.74, 6) is -0.902. The highest BCUT2D eigenvalue weighted by Gasteiger charge is 2.00. The molecule has 0 aliphatic carbocycles. The number of rotatable bonds is 2. The van der Waals surface area contributed by atoms with Gasteiger partial charge in [-0.3, -0.25) is 0 Å². The normalized spacial score (nSPS) is 13.5. The van der Waals surface area contributed by atoms with Crippen LogP contribution in [0.25, 0.3) is 0 Å². The summed E-state index contributed by atoms with van der Waals surface area (Å²) >= 11 is 3.14. The van der Waals surface area contributed by atoms with E-state index in [1.54, 1.807) is 26.0 Å². The molecule has 0 aromatic heterocycles. The molecule has 0 spiro atoms. The maximum Gasteiger partial charge on any atom is 0.335 e. The molecule has 1 N–H and O–H groups in total. The first-order valence-corrected chi connectivity index (χ1v) is 3.60. The van der Waals surface area contributed by atoms with E-state index in [0.29, 0.717) is 5.57 Å². The summed E-state index contributed by atoms with van der Waals surface area (Å²) in [7, 11) is 0. The summed E-state index contributed by atoms with van der Waals surface area (Å²) in [5, 5.41) is 8.49. The molecule has 56 valence electrons. The SMILES string of the molecule is C/C=C(\C=C(/C)Br)C(=O)O. The van der Waals surface area contributed by atoms with Gasteiger partial charge in [0.1, 0.15) is 0 Å². The molecule has 0 saturated heterocycles. The molecule has 0 aliphatic heterocycles. The predicted molar refractivity (Wildman–Crippen MR) is 44.1 cm³/mol. The molecule has 0 aromatic rings. The number of allylic oxidation sites excluding steroid dienone is 2. The van der Waals surface area contributed by atoms with Crippen LogP contribution in [0, 0.1) is 0 Å². The number of carboxylic acids is 1. The maximum atomic E-state index is 10.3. The monoisotopic (exact) mass is 204 g/mol. The second kappa shape index (κ2) is 4.28. The number of halogens is 1. The summed E-state index contributed by atoms with van der Waals surface area (Å²) in [5.41, 5.74) is 0.300. The Hall–Kier alpha value is -0.570. The van der Waals surface area contributed by atoms with Gasteiger partial charge in [0.25, 0.3) is 0 Å². The van der Waals surface area contributed by atoms with Crippen LogP contribution >= 0.6 is 15.9 Å². The first-order chi connectivity index (χ1) is 4.57. The fourth-order valence-electron chi connectivity index (χ4n) is 0.483. The molecular weight excluding hydrogens is 196 g/mol. The molecule has 0 atom stereocenters. The van der Waals surface area contributed by atoms with Gasteiger partial charge in [0.05, 0.1) is 5.57 Å². The fraction of sp³-hybridized carbons (Fsp3) is 0.286. The zero-order valence-corrected chi connectivity index (χ0v) is 7.47. The van der Waals surface area contributed by atoms with Crippen molar-refractivity contribution in [2.24, 2.45) is 0 Å². The van der Waals surface area contributed by atoms with Crippen molar-refractivity contribution in [2.75, 3.05) is 0 Å². The summed E-state index contributed by atoms with van der Waals surface area (Å²) in [6.45, 7) is 3.47. The van der Waals surface area contributed by atoms with Crippen LogP contribution in [0.4, 0.5) is 0 Å². The highest BCUT2D eigenvalue weighted by atomic mass is 79.9. The van der Waals surface area contributed by atoms with E-state index in [9.17, 15) is 4.79 Å². The minimum Gasteiger partial charge on any atom is -0.478 e. The number of hydrogen-bond donors (Lipinski definition) is 1. The van der Waals surface area contributed by atoms with Gasteiger partial charge in [0, 0.05) is 0 Å². The van der Waals surface area contributed by atoms with E-state index in [0.717, 1.165) is 4.48 Å². The molecule has 2 nitrogen and oxygen atoms in total. The summed E-state index contributed by atoms with van der Waals surface area (Å²) < 4.78 is 0.808. The van der Waals surface area contributed by atoms with Gasteiger partial charge < -0.3 is 5.11 Å². The summed E-state index contributed by atoms with van der Waals surface area (Å²) in [6, 6.07) is 0. The van der Waals surface area contributed by atoms with Gasteiger partial charge in [-0.25, -0.2) is 4.79 Å². The average molecular weight is 205 g/mol. The first kappa shape index (κ1) is 9.43. The third kappa shape index (κ3) is 3.45. The van der Waals surface area contributed by atoms with E-state index in [1.165, 1.54) is 0 Å².